The standard InChI is InChI=1S/C20H17N7O4/c1-12(19(29)25-18-16-17(22-10-21-16)23-11-24-18)31-20(30)14-7-8-15(28)27(26-14)9-13-5-3-2-4-6-13/h2-8,10-12H,9H2,1H3,(H2,21,22,23,24,25,29). The molecule has 0 aliphatic rings. The van der Waals surface area contributed by atoms with Crippen molar-refractivity contribution in [1.29, 1.82) is 0 Å². The minimum Gasteiger partial charge on any atom is -0.448 e. The highest BCUT2D eigenvalue weighted by atomic mass is 16.5. The summed E-state index contributed by atoms with van der Waals surface area (Å²) < 4.78 is 6.37. The van der Waals surface area contributed by atoms with Gasteiger partial charge in [0, 0.05) is 6.07 Å². The molecule has 0 fully saturated rings. The number of amides is 1. The third kappa shape index (κ3) is 4.45. The molecule has 0 radical (unpaired) electrons. The van der Waals surface area contributed by atoms with Crippen molar-refractivity contribution in [1.82, 2.24) is 29.7 Å². The number of rotatable bonds is 6. The molecular weight excluding hydrogens is 402 g/mol. The summed E-state index contributed by atoms with van der Waals surface area (Å²) in [6, 6.07) is 11.7. The smallest absolute Gasteiger partial charge is 0.359 e. The van der Waals surface area contributed by atoms with Crippen LogP contribution < -0.4 is 10.9 Å². The number of aromatic nitrogens is 6. The summed E-state index contributed by atoms with van der Waals surface area (Å²) in [5.41, 5.74) is 1.24. The number of hydrogen-bond donors (Lipinski definition) is 2. The Morgan fingerprint density at radius 3 is 2.74 bits per heavy atom. The molecule has 4 aromatic rings. The molecule has 156 valence electrons. The molecule has 1 atom stereocenters. The van der Waals surface area contributed by atoms with E-state index in [9.17, 15) is 14.4 Å². The average Bonchev–Trinajstić information content (AvgIpc) is 3.26. The molecular formula is C20H17N7O4. The second-order valence-electron chi connectivity index (χ2n) is 6.56. The summed E-state index contributed by atoms with van der Waals surface area (Å²) in [5.74, 6) is -1.22. The Hall–Kier alpha value is -4.41. The van der Waals surface area contributed by atoms with Crippen molar-refractivity contribution in [3.63, 3.8) is 0 Å². The van der Waals surface area contributed by atoms with Gasteiger partial charge in [-0.15, -0.1) is 0 Å². The summed E-state index contributed by atoms with van der Waals surface area (Å²) in [6.45, 7) is 1.61. The number of nitrogens with one attached hydrogen (secondary N) is 2. The van der Waals surface area contributed by atoms with Crippen molar-refractivity contribution in [2.75, 3.05) is 5.32 Å². The monoisotopic (exact) mass is 419 g/mol. The Kier molecular flexibility index (Phi) is 5.47. The van der Waals surface area contributed by atoms with Gasteiger partial charge in [-0.1, -0.05) is 30.3 Å². The first-order chi connectivity index (χ1) is 15.0. The molecule has 31 heavy (non-hydrogen) atoms. The summed E-state index contributed by atoms with van der Waals surface area (Å²) in [5, 5.41) is 6.63. The van der Waals surface area contributed by atoms with E-state index in [1.165, 1.54) is 31.7 Å². The lowest BCUT2D eigenvalue weighted by atomic mass is 10.2. The summed E-state index contributed by atoms with van der Waals surface area (Å²) in [6.07, 6.45) is 1.54. The van der Waals surface area contributed by atoms with Crippen LogP contribution in [0.2, 0.25) is 0 Å². The van der Waals surface area contributed by atoms with Crippen molar-refractivity contribution in [2.45, 2.75) is 19.6 Å². The average molecular weight is 419 g/mol. The highest BCUT2D eigenvalue weighted by Crippen LogP contribution is 2.15. The van der Waals surface area contributed by atoms with Gasteiger partial charge in [-0.2, -0.15) is 5.10 Å². The van der Waals surface area contributed by atoms with Gasteiger partial charge in [0.15, 0.2) is 23.3 Å². The number of nitrogens with zero attached hydrogens (tertiary/aromatic N) is 5. The minimum atomic E-state index is -1.14. The first-order valence-corrected chi connectivity index (χ1v) is 9.29. The molecule has 0 bridgehead atoms. The maximum absolute atomic E-state index is 12.5. The zero-order valence-corrected chi connectivity index (χ0v) is 16.3. The van der Waals surface area contributed by atoms with Crippen molar-refractivity contribution in [3.8, 4) is 0 Å². The molecule has 2 N–H and O–H groups in total. The number of carbonyl (C=O) groups excluding carboxylic acids is 2. The van der Waals surface area contributed by atoms with Crippen LogP contribution in [0.3, 0.4) is 0 Å². The second-order valence-corrected chi connectivity index (χ2v) is 6.56. The second kappa shape index (κ2) is 8.53. The van der Waals surface area contributed by atoms with Crippen molar-refractivity contribution >= 4 is 28.9 Å². The van der Waals surface area contributed by atoms with E-state index in [4.69, 9.17) is 4.74 Å². The molecule has 1 amide bonds. The Morgan fingerprint density at radius 1 is 1.13 bits per heavy atom. The molecule has 1 unspecified atom stereocenters. The number of imidazole rings is 1. The summed E-state index contributed by atoms with van der Waals surface area (Å²) >= 11 is 0. The number of benzene rings is 1. The Labute approximate surface area is 175 Å². The van der Waals surface area contributed by atoms with Gasteiger partial charge in [-0.05, 0) is 18.6 Å². The van der Waals surface area contributed by atoms with Crippen LogP contribution in [0.1, 0.15) is 23.0 Å². The maximum atomic E-state index is 12.5. The number of fused-ring (bicyclic) bond motifs is 1. The van der Waals surface area contributed by atoms with Crippen molar-refractivity contribution < 1.29 is 14.3 Å². The van der Waals surface area contributed by atoms with E-state index in [0.29, 0.717) is 11.2 Å². The van der Waals surface area contributed by atoms with E-state index in [2.05, 4.69) is 30.4 Å². The van der Waals surface area contributed by atoms with E-state index in [1.807, 2.05) is 30.3 Å². The highest BCUT2D eigenvalue weighted by Gasteiger charge is 2.22. The van der Waals surface area contributed by atoms with Crippen molar-refractivity contribution in [3.05, 3.63) is 76.7 Å². The lowest BCUT2D eigenvalue weighted by molar-refractivity contribution is -0.123. The SMILES string of the molecule is CC(OC(=O)c1ccc(=O)n(Cc2ccccc2)n1)C(=O)Nc1ncnc2nc[nH]c12. The van der Waals surface area contributed by atoms with Gasteiger partial charge in [-0.3, -0.25) is 9.59 Å². The van der Waals surface area contributed by atoms with Gasteiger partial charge >= 0.3 is 5.97 Å². The van der Waals surface area contributed by atoms with Crippen LogP contribution in [-0.4, -0.2) is 47.7 Å². The first kappa shape index (κ1) is 19.9. The Morgan fingerprint density at radius 2 is 1.94 bits per heavy atom. The van der Waals surface area contributed by atoms with Crippen LogP contribution in [0.5, 0.6) is 0 Å². The van der Waals surface area contributed by atoms with Gasteiger partial charge in [-0.25, -0.2) is 24.4 Å². The third-order valence-electron chi connectivity index (χ3n) is 4.37. The number of aromatic amines is 1. The fraction of sp³-hybridized carbons (Fsp3) is 0.150. The summed E-state index contributed by atoms with van der Waals surface area (Å²) in [7, 11) is 0. The van der Waals surface area contributed by atoms with Crippen LogP contribution in [0.15, 0.2) is 59.9 Å². The minimum absolute atomic E-state index is 0.0897. The van der Waals surface area contributed by atoms with Crippen LogP contribution in [0.4, 0.5) is 5.82 Å². The molecule has 0 aliphatic carbocycles. The fourth-order valence-corrected chi connectivity index (χ4v) is 2.78. The molecule has 0 aliphatic heterocycles. The number of anilines is 1. The molecule has 3 heterocycles. The highest BCUT2D eigenvalue weighted by molar-refractivity contribution is 6.00. The van der Waals surface area contributed by atoms with Gasteiger partial charge in [0.1, 0.15) is 11.8 Å². The van der Waals surface area contributed by atoms with Gasteiger partial charge < -0.3 is 15.0 Å². The fourth-order valence-electron chi connectivity index (χ4n) is 2.78. The molecule has 4 rings (SSSR count). The van der Waals surface area contributed by atoms with Crippen LogP contribution >= 0.6 is 0 Å². The number of esters is 1. The normalized spacial score (nSPS) is 11.8. The van der Waals surface area contributed by atoms with Crippen LogP contribution in [0.25, 0.3) is 11.2 Å². The van der Waals surface area contributed by atoms with E-state index in [1.54, 1.807) is 0 Å². The van der Waals surface area contributed by atoms with Gasteiger partial charge in [0.25, 0.3) is 11.5 Å². The predicted molar refractivity (Wildman–Crippen MR) is 109 cm³/mol. The molecule has 11 nitrogen and oxygen atoms in total. The summed E-state index contributed by atoms with van der Waals surface area (Å²) in [4.78, 5) is 51.8. The lowest BCUT2D eigenvalue weighted by Crippen LogP contribution is -2.32. The van der Waals surface area contributed by atoms with Crippen LogP contribution in [-0.2, 0) is 16.1 Å². The molecule has 0 saturated heterocycles. The molecule has 11 heteroatoms. The van der Waals surface area contributed by atoms with E-state index >= 15 is 0 Å². The number of carbonyl (C=O) groups is 2. The molecule has 3 aromatic heterocycles. The van der Waals surface area contributed by atoms with Crippen LogP contribution in [0, 0.1) is 0 Å². The quantitative estimate of drug-likeness (QED) is 0.443. The maximum Gasteiger partial charge on any atom is 0.359 e. The molecule has 0 spiro atoms. The predicted octanol–water partition coefficient (Wildman–Crippen LogP) is 1.14. The Balaban J connectivity index is 1.45. The van der Waals surface area contributed by atoms with Gasteiger partial charge in [0.05, 0.1) is 12.9 Å². The number of ether oxygens (including phenoxy) is 1. The third-order valence-corrected chi connectivity index (χ3v) is 4.37. The van der Waals surface area contributed by atoms with E-state index in [0.717, 1.165) is 10.2 Å². The molecule has 1 aromatic carbocycles. The van der Waals surface area contributed by atoms with Crippen molar-refractivity contribution in [2.24, 2.45) is 0 Å². The number of H-pyrrole nitrogens is 1. The topological polar surface area (TPSA) is 145 Å². The largest absolute Gasteiger partial charge is 0.448 e. The van der Waals surface area contributed by atoms with E-state index in [-0.39, 0.29) is 23.6 Å². The number of hydrogen-bond acceptors (Lipinski definition) is 8. The molecule has 0 saturated carbocycles. The first-order valence-electron chi connectivity index (χ1n) is 9.29. The van der Waals surface area contributed by atoms with E-state index < -0.39 is 18.0 Å². The lowest BCUT2D eigenvalue weighted by Gasteiger charge is -2.13. The zero-order chi connectivity index (χ0) is 21.8. The van der Waals surface area contributed by atoms with Gasteiger partial charge in [0.2, 0.25) is 0 Å². The Bertz CT molecular complexity index is 1300. The zero-order valence-electron chi connectivity index (χ0n) is 16.3.